The van der Waals surface area contributed by atoms with Crippen LogP contribution in [0.15, 0.2) is 41.1 Å². The molecule has 0 aliphatic rings. The third-order valence-electron chi connectivity index (χ3n) is 3.33. The molecule has 23 heavy (non-hydrogen) atoms. The van der Waals surface area contributed by atoms with Gasteiger partial charge in [0, 0.05) is 18.0 Å². The van der Waals surface area contributed by atoms with E-state index in [1.54, 1.807) is 31.6 Å². The van der Waals surface area contributed by atoms with Gasteiger partial charge in [0.05, 0.1) is 24.2 Å². The normalized spacial score (nSPS) is 11.7. The number of halogens is 1. The molecule has 1 aromatic heterocycles. The molecule has 0 fully saturated rings. The van der Waals surface area contributed by atoms with E-state index in [9.17, 15) is 4.79 Å². The molecule has 0 spiro atoms. The van der Waals surface area contributed by atoms with Crippen LogP contribution in [0.1, 0.15) is 35.8 Å². The number of carbonyl (C=O) groups excluding carboxylic acids is 1. The molecule has 0 saturated heterocycles. The molecule has 0 radical (unpaired) electrons. The number of aromatic nitrogens is 1. The van der Waals surface area contributed by atoms with Crippen molar-refractivity contribution in [1.29, 1.82) is 0 Å². The van der Waals surface area contributed by atoms with Gasteiger partial charge >= 0.3 is 0 Å². The van der Waals surface area contributed by atoms with Crippen LogP contribution in [0.25, 0.3) is 0 Å². The summed E-state index contributed by atoms with van der Waals surface area (Å²) in [4.78, 5) is 16.5. The van der Waals surface area contributed by atoms with Crippen LogP contribution < -0.4 is 14.8 Å². The first kappa shape index (κ1) is 17.3. The quantitative estimate of drug-likeness (QED) is 0.831. The fourth-order valence-corrected chi connectivity index (χ4v) is 2.71. The van der Waals surface area contributed by atoms with Gasteiger partial charge in [-0.2, -0.15) is 0 Å². The Morgan fingerprint density at radius 3 is 2.65 bits per heavy atom. The van der Waals surface area contributed by atoms with Gasteiger partial charge in [0.2, 0.25) is 0 Å². The summed E-state index contributed by atoms with van der Waals surface area (Å²) in [6, 6.07) is 7.02. The summed E-state index contributed by atoms with van der Waals surface area (Å²) >= 11 is 3.43. The standard InChI is InChI=1S/C17H19BrN2O3/c1-4-23-16-14(18)9-13(10-15(16)22-3)17(21)20-11(2)12-5-7-19-8-6-12/h5-11H,4H2,1-3H3,(H,20,21). The number of hydrogen-bond acceptors (Lipinski definition) is 4. The van der Waals surface area contributed by atoms with Gasteiger partial charge in [-0.15, -0.1) is 0 Å². The van der Waals surface area contributed by atoms with Crippen molar-refractivity contribution in [1.82, 2.24) is 10.3 Å². The predicted molar refractivity (Wildman–Crippen MR) is 92.0 cm³/mol. The number of benzene rings is 1. The second-order valence-electron chi connectivity index (χ2n) is 4.90. The number of carbonyl (C=O) groups is 1. The Labute approximate surface area is 144 Å². The van der Waals surface area contributed by atoms with Gasteiger partial charge in [-0.1, -0.05) is 0 Å². The molecule has 5 nitrogen and oxygen atoms in total. The molecule has 0 bridgehead atoms. The van der Waals surface area contributed by atoms with Gasteiger partial charge in [0.1, 0.15) is 0 Å². The summed E-state index contributed by atoms with van der Waals surface area (Å²) in [5, 5.41) is 2.96. The van der Waals surface area contributed by atoms with Crippen LogP contribution in [-0.2, 0) is 0 Å². The second kappa shape index (κ2) is 7.97. The fourth-order valence-electron chi connectivity index (χ4n) is 2.15. The number of hydrogen-bond donors (Lipinski definition) is 1. The number of pyridine rings is 1. The third-order valence-corrected chi connectivity index (χ3v) is 3.92. The van der Waals surface area contributed by atoms with Crippen molar-refractivity contribution in [2.45, 2.75) is 19.9 Å². The lowest BCUT2D eigenvalue weighted by atomic mass is 10.1. The maximum absolute atomic E-state index is 12.5. The van der Waals surface area contributed by atoms with Crippen molar-refractivity contribution in [3.8, 4) is 11.5 Å². The second-order valence-corrected chi connectivity index (χ2v) is 5.75. The molecule has 0 aliphatic carbocycles. The molecular formula is C17H19BrN2O3. The SMILES string of the molecule is CCOc1c(Br)cc(C(=O)NC(C)c2ccncc2)cc1OC. The minimum Gasteiger partial charge on any atom is -0.493 e. The maximum Gasteiger partial charge on any atom is 0.251 e. The first-order valence-corrected chi connectivity index (χ1v) is 8.07. The zero-order valence-corrected chi connectivity index (χ0v) is 14.9. The summed E-state index contributed by atoms with van der Waals surface area (Å²) < 4.78 is 11.5. The number of nitrogens with zero attached hydrogens (tertiary/aromatic N) is 1. The average Bonchev–Trinajstić information content (AvgIpc) is 2.57. The van der Waals surface area contributed by atoms with E-state index in [2.05, 4.69) is 26.2 Å². The van der Waals surface area contributed by atoms with E-state index >= 15 is 0 Å². The first-order valence-electron chi connectivity index (χ1n) is 7.28. The van der Waals surface area contributed by atoms with Crippen molar-refractivity contribution in [2.75, 3.05) is 13.7 Å². The first-order chi connectivity index (χ1) is 11.1. The van der Waals surface area contributed by atoms with Crippen molar-refractivity contribution in [3.05, 3.63) is 52.3 Å². The minimum atomic E-state index is -0.184. The molecule has 0 aliphatic heterocycles. The number of amides is 1. The highest BCUT2D eigenvalue weighted by Crippen LogP contribution is 2.36. The van der Waals surface area contributed by atoms with E-state index in [0.717, 1.165) is 5.56 Å². The molecule has 0 saturated carbocycles. The van der Waals surface area contributed by atoms with Crippen LogP contribution in [0.3, 0.4) is 0 Å². The lowest BCUT2D eigenvalue weighted by Crippen LogP contribution is -2.26. The van der Waals surface area contributed by atoms with E-state index in [1.807, 2.05) is 26.0 Å². The highest BCUT2D eigenvalue weighted by Gasteiger charge is 2.17. The molecule has 2 aromatic rings. The minimum absolute atomic E-state index is 0.123. The summed E-state index contributed by atoms with van der Waals surface area (Å²) in [5.74, 6) is 0.924. The largest absolute Gasteiger partial charge is 0.493 e. The molecule has 1 amide bonds. The van der Waals surface area contributed by atoms with E-state index in [1.165, 1.54) is 0 Å². The van der Waals surface area contributed by atoms with E-state index in [-0.39, 0.29) is 11.9 Å². The van der Waals surface area contributed by atoms with Gasteiger partial charge in [-0.05, 0) is 59.6 Å². The van der Waals surface area contributed by atoms with Gasteiger partial charge < -0.3 is 14.8 Å². The highest BCUT2D eigenvalue weighted by atomic mass is 79.9. The van der Waals surface area contributed by atoms with Gasteiger partial charge in [-0.25, -0.2) is 0 Å². The topological polar surface area (TPSA) is 60.5 Å². The fraction of sp³-hybridized carbons (Fsp3) is 0.294. The summed E-state index contributed by atoms with van der Waals surface area (Å²) in [6.45, 7) is 4.33. The van der Waals surface area contributed by atoms with E-state index in [0.29, 0.717) is 28.1 Å². The van der Waals surface area contributed by atoms with Crippen LogP contribution >= 0.6 is 15.9 Å². The molecule has 1 heterocycles. The molecular weight excluding hydrogens is 360 g/mol. The lowest BCUT2D eigenvalue weighted by Gasteiger charge is -2.16. The average molecular weight is 379 g/mol. The summed E-state index contributed by atoms with van der Waals surface area (Å²) in [6.07, 6.45) is 3.41. The molecule has 1 aromatic carbocycles. The molecule has 2 rings (SSSR count). The van der Waals surface area contributed by atoms with Crippen molar-refractivity contribution >= 4 is 21.8 Å². The van der Waals surface area contributed by atoms with E-state index in [4.69, 9.17) is 9.47 Å². The number of rotatable bonds is 6. The van der Waals surface area contributed by atoms with Crippen LogP contribution in [0.4, 0.5) is 0 Å². The molecule has 1 N–H and O–H groups in total. The number of nitrogens with one attached hydrogen (secondary N) is 1. The van der Waals surface area contributed by atoms with Crippen molar-refractivity contribution in [3.63, 3.8) is 0 Å². The Kier molecular flexibility index (Phi) is 5.98. The molecule has 6 heteroatoms. The molecule has 1 unspecified atom stereocenters. The summed E-state index contributed by atoms with van der Waals surface area (Å²) in [5.41, 5.74) is 1.49. The predicted octanol–water partition coefficient (Wildman–Crippen LogP) is 3.74. The van der Waals surface area contributed by atoms with Gasteiger partial charge in [0.25, 0.3) is 5.91 Å². The van der Waals surface area contributed by atoms with Crippen LogP contribution in [0, 0.1) is 0 Å². The van der Waals surface area contributed by atoms with E-state index < -0.39 is 0 Å². The lowest BCUT2D eigenvalue weighted by molar-refractivity contribution is 0.0939. The number of methoxy groups -OCH3 is 1. The Hall–Kier alpha value is -2.08. The zero-order valence-electron chi connectivity index (χ0n) is 13.3. The van der Waals surface area contributed by atoms with Crippen molar-refractivity contribution < 1.29 is 14.3 Å². The Morgan fingerprint density at radius 1 is 1.35 bits per heavy atom. The summed E-state index contributed by atoms with van der Waals surface area (Å²) in [7, 11) is 1.55. The van der Waals surface area contributed by atoms with Crippen LogP contribution in [0.5, 0.6) is 11.5 Å². The molecule has 1 atom stereocenters. The van der Waals surface area contributed by atoms with Crippen molar-refractivity contribution in [2.24, 2.45) is 0 Å². The third kappa shape index (κ3) is 4.22. The number of ether oxygens (including phenoxy) is 2. The molecule has 122 valence electrons. The van der Waals surface area contributed by atoms with Crippen LogP contribution in [-0.4, -0.2) is 24.6 Å². The maximum atomic E-state index is 12.5. The highest BCUT2D eigenvalue weighted by molar-refractivity contribution is 9.10. The Bertz CT molecular complexity index is 677. The van der Waals surface area contributed by atoms with Gasteiger partial charge in [0.15, 0.2) is 11.5 Å². The van der Waals surface area contributed by atoms with Crippen LogP contribution in [0.2, 0.25) is 0 Å². The zero-order chi connectivity index (χ0) is 16.8. The van der Waals surface area contributed by atoms with Gasteiger partial charge in [-0.3, -0.25) is 9.78 Å². The Balaban J connectivity index is 2.21. The Morgan fingerprint density at radius 2 is 2.04 bits per heavy atom. The monoisotopic (exact) mass is 378 g/mol. The smallest absolute Gasteiger partial charge is 0.251 e.